The summed E-state index contributed by atoms with van der Waals surface area (Å²) >= 11 is 5.00. The third-order valence-corrected chi connectivity index (χ3v) is 3.67. The van der Waals surface area contributed by atoms with Crippen LogP contribution in [0.1, 0.15) is 25.0 Å². The lowest BCUT2D eigenvalue weighted by Crippen LogP contribution is -2.46. The summed E-state index contributed by atoms with van der Waals surface area (Å²) in [7, 11) is 0. The van der Waals surface area contributed by atoms with Gasteiger partial charge in [0.2, 0.25) is 0 Å². The molecule has 1 aromatic rings. The van der Waals surface area contributed by atoms with Crippen LogP contribution in [0, 0.1) is 5.82 Å². The molecule has 1 aliphatic rings. The van der Waals surface area contributed by atoms with E-state index in [2.05, 4.69) is 18.7 Å². The van der Waals surface area contributed by atoms with Gasteiger partial charge in [-0.05, 0) is 31.5 Å². The number of halogens is 1. The Labute approximate surface area is 118 Å². The van der Waals surface area contributed by atoms with E-state index in [0.717, 1.165) is 12.1 Å². The van der Waals surface area contributed by atoms with Gasteiger partial charge in [0.05, 0.1) is 12.7 Å². The molecule has 2 rings (SSSR count). The first-order chi connectivity index (χ1) is 8.97. The minimum Gasteiger partial charge on any atom is -0.389 e. The maximum atomic E-state index is 13.3. The van der Waals surface area contributed by atoms with Crippen molar-refractivity contribution >= 4 is 17.2 Å². The molecule has 0 bridgehead atoms. The highest BCUT2D eigenvalue weighted by Crippen LogP contribution is 2.19. The normalized spacial score (nSPS) is 24.4. The number of nitrogens with zero attached hydrogens (tertiary/aromatic N) is 1. The van der Waals surface area contributed by atoms with Crippen molar-refractivity contribution in [3.05, 3.63) is 35.1 Å². The molecule has 104 valence electrons. The van der Waals surface area contributed by atoms with Crippen molar-refractivity contribution in [3.8, 4) is 0 Å². The van der Waals surface area contributed by atoms with Gasteiger partial charge in [0.1, 0.15) is 10.8 Å². The molecular weight excluding hydrogens is 263 g/mol. The molecule has 0 aromatic heterocycles. The third kappa shape index (κ3) is 3.49. The average Bonchev–Trinajstić information content (AvgIpc) is 2.35. The molecule has 0 aliphatic carbocycles. The molecule has 19 heavy (non-hydrogen) atoms. The first-order valence-corrected chi connectivity index (χ1v) is 6.82. The van der Waals surface area contributed by atoms with Gasteiger partial charge in [0, 0.05) is 24.7 Å². The van der Waals surface area contributed by atoms with Gasteiger partial charge in [0.15, 0.2) is 0 Å². The number of thiocarbonyl (C=S) groups is 1. The van der Waals surface area contributed by atoms with Crippen LogP contribution in [0.3, 0.4) is 0 Å². The van der Waals surface area contributed by atoms with Crippen molar-refractivity contribution in [2.75, 3.05) is 13.2 Å². The third-order valence-electron chi connectivity index (χ3n) is 3.45. The Bertz CT molecular complexity index is 481. The summed E-state index contributed by atoms with van der Waals surface area (Å²) in [5.74, 6) is -0.310. The fourth-order valence-corrected chi connectivity index (χ4v) is 2.52. The van der Waals surface area contributed by atoms with Gasteiger partial charge in [0.25, 0.3) is 0 Å². The second kappa shape index (κ2) is 5.94. The Kier molecular flexibility index (Phi) is 4.50. The predicted molar refractivity (Wildman–Crippen MR) is 77.6 cm³/mol. The van der Waals surface area contributed by atoms with E-state index in [1.807, 2.05) is 0 Å². The van der Waals surface area contributed by atoms with Crippen LogP contribution in [0.15, 0.2) is 18.2 Å². The first-order valence-electron chi connectivity index (χ1n) is 6.41. The molecule has 3 nitrogen and oxygen atoms in total. The van der Waals surface area contributed by atoms with Crippen molar-refractivity contribution in [1.29, 1.82) is 0 Å². The smallest absolute Gasteiger partial charge is 0.123 e. The van der Waals surface area contributed by atoms with Crippen molar-refractivity contribution in [2.45, 2.75) is 32.5 Å². The minimum atomic E-state index is -0.310. The van der Waals surface area contributed by atoms with E-state index in [9.17, 15) is 4.39 Å². The van der Waals surface area contributed by atoms with Crippen LogP contribution >= 0.6 is 12.2 Å². The molecule has 5 heteroatoms. The minimum absolute atomic E-state index is 0.213. The van der Waals surface area contributed by atoms with E-state index >= 15 is 0 Å². The Morgan fingerprint density at radius 3 is 2.95 bits per heavy atom. The lowest BCUT2D eigenvalue weighted by Gasteiger charge is -2.37. The highest BCUT2D eigenvalue weighted by atomic mass is 32.1. The monoisotopic (exact) mass is 282 g/mol. The first kappa shape index (κ1) is 14.4. The Hall–Kier alpha value is -1.04. The molecule has 2 N–H and O–H groups in total. The van der Waals surface area contributed by atoms with Crippen molar-refractivity contribution in [1.82, 2.24) is 4.90 Å². The van der Waals surface area contributed by atoms with E-state index in [1.54, 1.807) is 6.07 Å². The largest absolute Gasteiger partial charge is 0.389 e. The Morgan fingerprint density at radius 2 is 2.26 bits per heavy atom. The molecule has 2 unspecified atom stereocenters. The molecule has 2 atom stereocenters. The quantitative estimate of drug-likeness (QED) is 0.861. The predicted octanol–water partition coefficient (Wildman–Crippen LogP) is 2.07. The van der Waals surface area contributed by atoms with Gasteiger partial charge in [-0.25, -0.2) is 4.39 Å². The van der Waals surface area contributed by atoms with Crippen molar-refractivity contribution < 1.29 is 9.13 Å². The van der Waals surface area contributed by atoms with E-state index < -0.39 is 0 Å². The van der Waals surface area contributed by atoms with Gasteiger partial charge in [-0.1, -0.05) is 18.3 Å². The molecule has 0 radical (unpaired) electrons. The number of morpholine rings is 1. The molecular formula is C14H19FN2OS. The number of rotatable bonds is 3. The van der Waals surface area contributed by atoms with Gasteiger partial charge < -0.3 is 10.5 Å². The summed E-state index contributed by atoms with van der Waals surface area (Å²) < 4.78 is 18.9. The molecule has 0 saturated carbocycles. The van der Waals surface area contributed by atoms with Crippen LogP contribution in [0.5, 0.6) is 0 Å². The summed E-state index contributed by atoms with van der Waals surface area (Å²) in [5, 5.41) is 0. The molecule has 1 saturated heterocycles. The topological polar surface area (TPSA) is 38.5 Å². The fourth-order valence-electron chi connectivity index (χ4n) is 2.33. The summed E-state index contributed by atoms with van der Waals surface area (Å²) in [6.45, 7) is 6.45. The highest BCUT2D eigenvalue weighted by Gasteiger charge is 2.24. The summed E-state index contributed by atoms with van der Waals surface area (Å²) in [4.78, 5) is 2.55. The van der Waals surface area contributed by atoms with Gasteiger partial charge in [-0.15, -0.1) is 0 Å². The van der Waals surface area contributed by atoms with E-state index in [-0.39, 0.29) is 16.9 Å². The van der Waals surface area contributed by atoms with Gasteiger partial charge in [-0.3, -0.25) is 4.90 Å². The number of nitrogens with two attached hydrogens (primary N) is 1. The lowest BCUT2D eigenvalue weighted by molar-refractivity contribution is -0.0526. The molecule has 1 aliphatic heterocycles. The van der Waals surface area contributed by atoms with Crippen LogP contribution in [-0.2, 0) is 11.3 Å². The second-order valence-electron chi connectivity index (χ2n) is 5.09. The van der Waals surface area contributed by atoms with Gasteiger partial charge >= 0.3 is 0 Å². The lowest BCUT2D eigenvalue weighted by atomic mass is 10.1. The number of benzene rings is 1. The summed E-state index contributed by atoms with van der Waals surface area (Å²) in [6, 6.07) is 4.95. The molecule has 0 spiro atoms. The summed E-state index contributed by atoms with van der Waals surface area (Å²) in [6.07, 6.45) is 0.213. The molecule has 1 heterocycles. The van der Waals surface area contributed by atoms with E-state index in [4.69, 9.17) is 22.7 Å². The van der Waals surface area contributed by atoms with Gasteiger partial charge in [-0.2, -0.15) is 0 Å². The SMILES string of the molecule is CC1CN(Cc2ccc(F)cc2C(N)=S)C(C)CO1. The zero-order chi connectivity index (χ0) is 14.0. The maximum absolute atomic E-state index is 13.3. The summed E-state index contributed by atoms with van der Waals surface area (Å²) in [5.41, 5.74) is 7.27. The number of hydrogen-bond acceptors (Lipinski definition) is 3. The van der Waals surface area contributed by atoms with Crippen molar-refractivity contribution in [2.24, 2.45) is 5.73 Å². The van der Waals surface area contributed by atoms with Crippen LogP contribution in [0.4, 0.5) is 4.39 Å². The highest BCUT2D eigenvalue weighted by molar-refractivity contribution is 7.80. The fraction of sp³-hybridized carbons (Fsp3) is 0.500. The van der Waals surface area contributed by atoms with Crippen LogP contribution in [0.2, 0.25) is 0 Å². The zero-order valence-corrected chi connectivity index (χ0v) is 12.0. The molecule has 0 amide bonds. The molecule has 1 fully saturated rings. The Morgan fingerprint density at radius 1 is 1.53 bits per heavy atom. The van der Waals surface area contributed by atoms with E-state index in [1.165, 1.54) is 12.1 Å². The van der Waals surface area contributed by atoms with Crippen LogP contribution in [0.25, 0.3) is 0 Å². The number of hydrogen-bond donors (Lipinski definition) is 1. The van der Waals surface area contributed by atoms with Crippen LogP contribution < -0.4 is 5.73 Å². The average molecular weight is 282 g/mol. The molecule has 1 aromatic carbocycles. The Balaban J connectivity index is 2.20. The number of ether oxygens (including phenoxy) is 1. The van der Waals surface area contributed by atoms with Crippen LogP contribution in [-0.4, -0.2) is 35.2 Å². The maximum Gasteiger partial charge on any atom is 0.123 e. The van der Waals surface area contributed by atoms with E-state index in [0.29, 0.717) is 24.8 Å². The van der Waals surface area contributed by atoms with Crippen molar-refractivity contribution in [3.63, 3.8) is 0 Å². The standard InChI is InChI=1S/C14H19FN2OS/c1-9-8-18-10(2)6-17(9)7-11-3-4-12(15)5-13(11)14(16)19/h3-5,9-10H,6-8H2,1-2H3,(H2,16,19). The zero-order valence-electron chi connectivity index (χ0n) is 11.2. The second-order valence-corrected chi connectivity index (χ2v) is 5.53.